The Hall–Kier alpha value is -0.680. The lowest BCUT2D eigenvalue weighted by atomic mass is 10.00. The van der Waals surface area contributed by atoms with Gasteiger partial charge in [0.15, 0.2) is 0 Å². The van der Waals surface area contributed by atoms with Gasteiger partial charge in [0.2, 0.25) is 0 Å². The molecule has 2 atom stereocenters. The third kappa shape index (κ3) is 3.20. The summed E-state index contributed by atoms with van der Waals surface area (Å²) >= 11 is 1.65. The Morgan fingerprint density at radius 2 is 2.06 bits per heavy atom. The van der Waals surface area contributed by atoms with Gasteiger partial charge in [-0.1, -0.05) is 18.6 Å². The smallest absolute Gasteiger partial charge is 0.387 e. The maximum atomic E-state index is 12.6. The number of benzene rings is 1. The highest BCUT2D eigenvalue weighted by Crippen LogP contribution is 2.36. The van der Waals surface area contributed by atoms with E-state index in [4.69, 9.17) is 0 Å². The van der Waals surface area contributed by atoms with Crippen molar-refractivity contribution in [3.05, 3.63) is 35.4 Å². The molecule has 1 aliphatic heterocycles. The fraction of sp³-hybridized carbons (Fsp3) is 0.538. The van der Waals surface area contributed by atoms with E-state index in [0.29, 0.717) is 5.56 Å². The molecule has 5 heteroatoms. The molecule has 1 fully saturated rings. The Balaban J connectivity index is 2.17. The summed E-state index contributed by atoms with van der Waals surface area (Å²) in [5, 5.41) is 10.2. The molecule has 0 radical (unpaired) electrons. The average Bonchev–Trinajstić information content (AvgIpc) is 2.38. The second kappa shape index (κ2) is 5.53. The fourth-order valence-electron chi connectivity index (χ4n) is 2.13. The molecule has 0 bridgehead atoms. The molecule has 0 spiro atoms. The van der Waals surface area contributed by atoms with Gasteiger partial charge in [0.05, 0.1) is 11.7 Å². The van der Waals surface area contributed by atoms with Crippen LogP contribution in [0.1, 0.15) is 36.5 Å². The van der Waals surface area contributed by atoms with Crippen molar-refractivity contribution in [2.24, 2.45) is 0 Å². The van der Waals surface area contributed by atoms with Crippen LogP contribution in [-0.2, 0) is 6.18 Å². The van der Waals surface area contributed by atoms with Crippen molar-refractivity contribution in [1.82, 2.24) is 0 Å². The number of rotatable bonds is 2. The molecule has 1 N–H and O–H groups in total. The Morgan fingerprint density at radius 3 is 2.67 bits per heavy atom. The zero-order valence-corrected chi connectivity index (χ0v) is 10.6. The monoisotopic (exact) mass is 276 g/mol. The first kappa shape index (κ1) is 13.7. The second-order valence-electron chi connectivity index (χ2n) is 4.47. The van der Waals surface area contributed by atoms with Crippen LogP contribution in [0.15, 0.2) is 24.3 Å². The van der Waals surface area contributed by atoms with Gasteiger partial charge >= 0.3 is 6.18 Å². The summed E-state index contributed by atoms with van der Waals surface area (Å²) in [5.74, 6) is 0.973. The predicted octanol–water partition coefficient (Wildman–Crippen LogP) is 4.02. The van der Waals surface area contributed by atoms with Gasteiger partial charge in [0, 0.05) is 5.25 Å². The minimum atomic E-state index is -4.35. The summed E-state index contributed by atoms with van der Waals surface area (Å²) in [4.78, 5) is 0. The van der Waals surface area contributed by atoms with Crippen LogP contribution >= 0.6 is 11.8 Å². The van der Waals surface area contributed by atoms with Gasteiger partial charge in [0.1, 0.15) is 0 Å². The molecule has 18 heavy (non-hydrogen) atoms. The number of hydrogen-bond acceptors (Lipinski definition) is 2. The molecule has 2 rings (SSSR count). The van der Waals surface area contributed by atoms with Gasteiger partial charge in [-0.15, -0.1) is 0 Å². The molecule has 1 aliphatic rings. The van der Waals surface area contributed by atoms with E-state index >= 15 is 0 Å². The number of thioether (sulfide) groups is 1. The molecule has 0 aliphatic carbocycles. The summed E-state index contributed by atoms with van der Waals surface area (Å²) in [6.45, 7) is 0. The van der Waals surface area contributed by atoms with Crippen LogP contribution in [0, 0.1) is 0 Å². The van der Waals surface area contributed by atoms with E-state index in [9.17, 15) is 18.3 Å². The SMILES string of the molecule is OC(c1cccc(C(F)(F)F)c1)C1CCCCS1. The Bertz CT molecular complexity index is 399. The summed E-state index contributed by atoms with van der Waals surface area (Å²) < 4.78 is 37.8. The van der Waals surface area contributed by atoms with E-state index in [-0.39, 0.29) is 5.25 Å². The van der Waals surface area contributed by atoms with Crippen molar-refractivity contribution in [3.63, 3.8) is 0 Å². The van der Waals surface area contributed by atoms with Gasteiger partial charge in [-0.2, -0.15) is 24.9 Å². The number of halogens is 3. The molecule has 0 amide bonds. The maximum absolute atomic E-state index is 12.6. The van der Waals surface area contributed by atoms with Crippen LogP contribution in [0.5, 0.6) is 0 Å². The second-order valence-corrected chi connectivity index (χ2v) is 5.82. The molecule has 0 saturated carbocycles. The molecule has 2 unspecified atom stereocenters. The average molecular weight is 276 g/mol. The Kier molecular flexibility index (Phi) is 4.22. The van der Waals surface area contributed by atoms with Crippen LogP contribution in [-0.4, -0.2) is 16.1 Å². The van der Waals surface area contributed by atoms with Gasteiger partial charge in [-0.3, -0.25) is 0 Å². The first-order chi connectivity index (χ1) is 8.48. The quantitative estimate of drug-likeness (QED) is 0.880. The largest absolute Gasteiger partial charge is 0.416 e. The van der Waals surface area contributed by atoms with E-state index in [2.05, 4.69) is 0 Å². The molecule has 1 saturated heterocycles. The number of hydrogen-bond donors (Lipinski definition) is 1. The van der Waals surface area contributed by atoms with Crippen LogP contribution in [0.3, 0.4) is 0 Å². The van der Waals surface area contributed by atoms with Crippen LogP contribution < -0.4 is 0 Å². The Labute approximate surface area is 108 Å². The number of alkyl halides is 3. The molecular weight excluding hydrogens is 261 g/mol. The van der Waals surface area contributed by atoms with Crippen molar-refractivity contribution in [2.75, 3.05) is 5.75 Å². The minimum Gasteiger partial charge on any atom is -0.387 e. The molecule has 1 nitrogen and oxygen atoms in total. The molecule has 1 aromatic rings. The number of aliphatic hydroxyl groups is 1. The molecule has 0 aromatic heterocycles. The lowest BCUT2D eigenvalue weighted by molar-refractivity contribution is -0.137. The number of aliphatic hydroxyl groups excluding tert-OH is 1. The summed E-state index contributed by atoms with van der Waals surface area (Å²) in [6, 6.07) is 5.01. The van der Waals surface area contributed by atoms with Gasteiger partial charge in [-0.25, -0.2) is 0 Å². The van der Waals surface area contributed by atoms with Crippen LogP contribution in [0.25, 0.3) is 0 Å². The summed E-state index contributed by atoms with van der Waals surface area (Å²) in [6.07, 6.45) is -2.14. The van der Waals surface area contributed by atoms with Crippen LogP contribution in [0.4, 0.5) is 13.2 Å². The first-order valence-corrected chi connectivity index (χ1v) is 7.00. The van der Waals surface area contributed by atoms with Crippen molar-refractivity contribution >= 4 is 11.8 Å². The van der Waals surface area contributed by atoms with E-state index in [0.717, 1.165) is 37.1 Å². The van der Waals surface area contributed by atoms with Gasteiger partial charge in [-0.05, 0) is 36.3 Å². The van der Waals surface area contributed by atoms with E-state index < -0.39 is 17.8 Å². The van der Waals surface area contributed by atoms with Crippen LogP contribution in [0.2, 0.25) is 0 Å². The van der Waals surface area contributed by atoms with Crippen molar-refractivity contribution in [3.8, 4) is 0 Å². The topological polar surface area (TPSA) is 20.2 Å². The highest BCUT2D eigenvalue weighted by Gasteiger charge is 2.32. The molecule has 100 valence electrons. The predicted molar refractivity (Wildman–Crippen MR) is 66.5 cm³/mol. The third-order valence-electron chi connectivity index (χ3n) is 3.12. The van der Waals surface area contributed by atoms with E-state index in [1.54, 1.807) is 17.8 Å². The molecular formula is C13H15F3OS. The lowest BCUT2D eigenvalue weighted by Crippen LogP contribution is -2.19. The van der Waals surface area contributed by atoms with E-state index in [1.807, 2.05) is 0 Å². The zero-order valence-electron chi connectivity index (χ0n) is 9.78. The van der Waals surface area contributed by atoms with Gasteiger partial charge < -0.3 is 5.11 Å². The Morgan fingerprint density at radius 1 is 1.28 bits per heavy atom. The molecule has 1 aromatic carbocycles. The minimum absolute atomic E-state index is 0.0160. The summed E-state index contributed by atoms with van der Waals surface area (Å²) in [7, 11) is 0. The van der Waals surface area contributed by atoms with E-state index in [1.165, 1.54) is 6.07 Å². The lowest BCUT2D eigenvalue weighted by Gasteiger charge is -2.26. The highest BCUT2D eigenvalue weighted by molar-refractivity contribution is 7.99. The first-order valence-electron chi connectivity index (χ1n) is 5.95. The summed E-state index contributed by atoms with van der Waals surface area (Å²) in [5.41, 5.74) is -0.330. The van der Waals surface area contributed by atoms with Crippen molar-refractivity contribution in [2.45, 2.75) is 36.8 Å². The van der Waals surface area contributed by atoms with Gasteiger partial charge in [0.25, 0.3) is 0 Å². The highest BCUT2D eigenvalue weighted by atomic mass is 32.2. The van der Waals surface area contributed by atoms with Crippen molar-refractivity contribution < 1.29 is 18.3 Å². The fourth-order valence-corrected chi connectivity index (χ4v) is 3.47. The maximum Gasteiger partial charge on any atom is 0.416 e. The standard InChI is InChI=1S/C13H15F3OS/c14-13(15,16)10-5-3-4-9(8-10)12(17)11-6-1-2-7-18-11/h3-5,8,11-12,17H,1-2,6-7H2. The normalized spacial score (nSPS) is 22.8. The zero-order chi connectivity index (χ0) is 13.2. The van der Waals surface area contributed by atoms with Crippen molar-refractivity contribution in [1.29, 1.82) is 0 Å². The molecule has 1 heterocycles. The third-order valence-corrected chi connectivity index (χ3v) is 4.57.